The zero-order valence-corrected chi connectivity index (χ0v) is 9.86. The first-order valence-corrected chi connectivity index (χ1v) is 5.18. The summed E-state index contributed by atoms with van der Waals surface area (Å²) in [6, 6.07) is 0. The number of hydrogen-bond acceptors (Lipinski definition) is 4. The van der Waals surface area contributed by atoms with Crippen molar-refractivity contribution in [2.75, 3.05) is 6.54 Å². The van der Waals surface area contributed by atoms with Crippen molar-refractivity contribution in [2.45, 2.75) is 38.7 Å². The van der Waals surface area contributed by atoms with Gasteiger partial charge in [-0.3, -0.25) is 4.68 Å². The summed E-state index contributed by atoms with van der Waals surface area (Å²) in [7, 11) is 1.83. The highest BCUT2D eigenvalue weighted by atomic mass is 16.3. The first-order valence-electron chi connectivity index (χ1n) is 5.18. The van der Waals surface area contributed by atoms with Crippen LogP contribution in [-0.2, 0) is 13.5 Å². The van der Waals surface area contributed by atoms with Crippen LogP contribution in [0.2, 0.25) is 0 Å². The van der Waals surface area contributed by atoms with Crippen molar-refractivity contribution in [3.05, 3.63) is 11.6 Å². The lowest BCUT2D eigenvalue weighted by Gasteiger charge is -2.19. The molecule has 86 valence electrons. The highest BCUT2D eigenvalue weighted by molar-refractivity contribution is 5.00. The van der Waals surface area contributed by atoms with Gasteiger partial charge in [0.15, 0.2) is 5.82 Å². The molecule has 1 rings (SSSR count). The van der Waals surface area contributed by atoms with E-state index in [0.717, 1.165) is 11.6 Å². The molecule has 0 aliphatic rings. The van der Waals surface area contributed by atoms with E-state index in [2.05, 4.69) is 10.1 Å². The number of hydrogen-bond donors (Lipinski definition) is 2. The molecule has 5 heteroatoms. The molecular formula is C10H20N4O. The van der Waals surface area contributed by atoms with Crippen molar-refractivity contribution < 1.29 is 5.11 Å². The molecule has 15 heavy (non-hydrogen) atoms. The van der Waals surface area contributed by atoms with Gasteiger partial charge in [-0.05, 0) is 6.92 Å². The number of nitrogens with two attached hydrogens (primary N) is 1. The smallest absolute Gasteiger partial charge is 0.153 e. The maximum absolute atomic E-state index is 9.84. The maximum Gasteiger partial charge on any atom is 0.153 e. The van der Waals surface area contributed by atoms with Gasteiger partial charge in [0, 0.05) is 25.9 Å². The van der Waals surface area contributed by atoms with E-state index in [-0.39, 0.29) is 6.54 Å². The average molecular weight is 212 g/mol. The minimum Gasteiger partial charge on any atom is -0.388 e. The summed E-state index contributed by atoms with van der Waals surface area (Å²) in [6.07, 6.45) is 0.430. The molecule has 0 saturated carbocycles. The molecular weight excluding hydrogens is 192 g/mol. The van der Waals surface area contributed by atoms with Gasteiger partial charge < -0.3 is 10.8 Å². The molecule has 0 saturated heterocycles. The van der Waals surface area contributed by atoms with Crippen LogP contribution in [-0.4, -0.2) is 32.0 Å². The topological polar surface area (TPSA) is 77.0 Å². The predicted octanol–water partition coefficient (Wildman–Crippen LogP) is 0.191. The summed E-state index contributed by atoms with van der Waals surface area (Å²) >= 11 is 0. The van der Waals surface area contributed by atoms with Crippen molar-refractivity contribution in [3.8, 4) is 0 Å². The van der Waals surface area contributed by atoms with Gasteiger partial charge in [-0.25, -0.2) is 4.98 Å². The van der Waals surface area contributed by atoms with Gasteiger partial charge in [-0.1, -0.05) is 13.8 Å². The molecule has 0 aliphatic carbocycles. The number of nitrogens with zero attached hydrogens (tertiary/aromatic N) is 3. The Morgan fingerprint density at radius 2 is 2.13 bits per heavy atom. The van der Waals surface area contributed by atoms with Crippen LogP contribution in [0.3, 0.4) is 0 Å². The van der Waals surface area contributed by atoms with Crippen LogP contribution >= 0.6 is 0 Å². The minimum atomic E-state index is -0.908. The molecule has 0 aliphatic heterocycles. The zero-order chi connectivity index (χ0) is 11.6. The molecule has 1 unspecified atom stereocenters. The lowest BCUT2D eigenvalue weighted by Crippen LogP contribution is -2.37. The predicted molar refractivity (Wildman–Crippen MR) is 58.5 cm³/mol. The molecule has 1 aromatic heterocycles. The lowest BCUT2D eigenvalue weighted by molar-refractivity contribution is 0.0666. The molecule has 1 aromatic rings. The van der Waals surface area contributed by atoms with Gasteiger partial charge in [-0.2, -0.15) is 5.10 Å². The Labute approximate surface area is 90.3 Å². The molecule has 0 amide bonds. The van der Waals surface area contributed by atoms with E-state index in [1.165, 1.54) is 0 Å². The second kappa shape index (κ2) is 4.28. The van der Waals surface area contributed by atoms with Crippen molar-refractivity contribution in [1.29, 1.82) is 0 Å². The molecule has 3 N–H and O–H groups in total. The molecule has 0 aromatic carbocycles. The first kappa shape index (κ1) is 12.1. The van der Waals surface area contributed by atoms with Gasteiger partial charge in [0.1, 0.15) is 5.82 Å². The fraction of sp³-hybridized carbons (Fsp3) is 0.800. The van der Waals surface area contributed by atoms with Gasteiger partial charge in [0.05, 0.1) is 5.60 Å². The molecule has 5 nitrogen and oxygen atoms in total. The van der Waals surface area contributed by atoms with Crippen LogP contribution in [0.15, 0.2) is 0 Å². The number of aromatic nitrogens is 3. The summed E-state index contributed by atoms with van der Waals surface area (Å²) in [5.74, 6) is 1.88. The molecule has 1 atom stereocenters. The fourth-order valence-corrected chi connectivity index (χ4v) is 1.25. The zero-order valence-electron chi connectivity index (χ0n) is 9.86. The second-order valence-electron chi connectivity index (χ2n) is 4.54. The normalized spacial score (nSPS) is 15.7. The van der Waals surface area contributed by atoms with Gasteiger partial charge in [-0.15, -0.1) is 0 Å². The second-order valence-corrected chi connectivity index (χ2v) is 4.54. The number of aliphatic hydroxyl groups is 1. The monoisotopic (exact) mass is 212 g/mol. The van der Waals surface area contributed by atoms with E-state index in [4.69, 9.17) is 5.73 Å². The van der Waals surface area contributed by atoms with Gasteiger partial charge in [0.2, 0.25) is 0 Å². The molecule has 0 radical (unpaired) electrons. The largest absolute Gasteiger partial charge is 0.388 e. The molecule has 1 heterocycles. The van der Waals surface area contributed by atoms with Gasteiger partial charge in [0.25, 0.3) is 0 Å². The number of aryl methyl sites for hydroxylation is 1. The van der Waals surface area contributed by atoms with Crippen molar-refractivity contribution >= 4 is 0 Å². The first-order chi connectivity index (χ1) is 6.85. The third-order valence-corrected chi connectivity index (χ3v) is 2.36. The summed E-state index contributed by atoms with van der Waals surface area (Å²) in [4.78, 5) is 4.38. The highest BCUT2D eigenvalue weighted by Crippen LogP contribution is 2.13. The quantitative estimate of drug-likeness (QED) is 0.747. The Morgan fingerprint density at radius 1 is 1.53 bits per heavy atom. The number of rotatable bonds is 4. The molecule has 0 fully saturated rings. The fourth-order valence-electron chi connectivity index (χ4n) is 1.25. The Morgan fingerprint density at radius 3 is 2.53 bits per heavy atom. The van der Waals surface area contributed by atoms with Crippen LogP contribution < -0.4 is 5.73 Å². The van der Waals surface area contributed by atoms with Crippen LogP contribution in [0.1, 0.15) is 38.3 Å². The van der Waals surface area contributed by atoms with E-state index < -0.39 is 5.60 Å². The maximum atomic E-state index is 9.84. The van der Waals surface area contributed by atoms with E-state index in [9.17, 15) is 5.11 Å². The highest BCUT2D eigenvalue weighted by Gasteiger charge is 2.22. The van der Waals surface area contributed by atoms with Crippen molar-refractivity contribution in [1.82, 2.24) is 14.8 Å². The van der Waals surface area contributed by atoms with Gasteiger partial charge >= 0.3 is 0 Å². The van der Waals surface area contributed by atoms with Crippen LogP contribution in [0, 0.1) is 0 Å². The summed E-state index contributed by atoms with van der Waals surface area (Å²) in [5.41, 5.74) is 4.56. The Bertz CT molecular complexity index is 330. The Kier molecular flexibility index (Phi) is 3.46. The standard InChI is InChI=1S/C10H20N4O/c1-7(2)9-12-8(14(4)13-9)5-10(3,15)6-11/h7,15H,5-6,11H2,1-4H3. The van der Waals surface area contributed by atoms with Crippen LogP contribution in [0.5, 0.6) is 0 Å². The third-order valence-electron chi connectivity index (χ3n) is 2.36. The lowest BCUT2D eigenvalue weighted by atomic mass is 10.0. The van der Waals surface area contributed by atoms with E-state index in [1.54, 1.807) is 11.6 Å². The van der Waals surface area contributed by atoms with E-state index >= 15 is 0 Å². The average Bonchev–Trinajstić information content (AvgIpc) is 2.47. The Balaban J connectivity index is 2.86. The SMILES string of the molecule is CC(C)c1nc(CC(C)(O)CN)n(C)n1. The summed E-state index contributed by atoms with van der Waals surface area (Å²) in [5, 5.41) is 14.1. The third kappa shape index (κ3) is 3.00. The van der Waals surface area contributed by atoms with E-state index in [1.807, 2.05) is 20.9 Å². The molecule has 0 spiro atoms. The molecule has 0 bridgehead atoms. The Hall–Kier alpha value is -0.940. The van der Waals surface area contributed by atoms with Crippen molar-refractivity contribution in [2.24, 2.45) is 12.8 Å². The van der Waals surface area contributed by atoms with E-state index in [0.29, 0.717) is 12.3 Å². The van der Waals surface area contributed by atoms with Crippen molar-refractivity contribution in [3.63, 3.8) is 0 Å². The minimum absolute atomic E-state index is 0.219. The van der Waals surface area contributed by atoms with Crippen LogP contribution in [0.4, 0.5) is 0 Å². The summed E-state index contributed by atoms with van der Waals surface area (Å²) in [6.45, 7) is 6.01. The summed E-state index contributed by atoms with van der Waals surface area (Å²) < 4.78 is 1.71. The van der Waals surface area contributed by atoms with Crippen LogP contribution in [0.25, 0.3) is 0 Å².